The lowest BCUT2D eigenvalue weighted by Gasteiger charge is -2.18. The second-order valence-electron chi connectivity index (χ2n) is 7.06. The molecular formula is C20H24ClNO3. The topological polar surface area (TPSA) is 48.3 Å². The summed E-state index contributed by atoms with van der Waals surface area (Å²) in [6, 6.07) is 3.63. The van der Waals surface area contributed by atoms with E-state index in [1.54, 1.807) is 0 Å². The lowest BCUT2D eigenvalue weighted by atomic mass is 9.87. The van der Waals surface area contributed by atoms with E-state index in [9.17, 15) is 9.59 Å². The number of methoxy groups -OCH3 is 1. The van der Waals surface area contributed by atoms with Crippen LogP contribution in [0.2, 0.25) is 5.02 Å². The highest BCUT2D eigenvalue weighted by Crippen LogP contribution is 2.39. The maximum atomic E-state index is 12.5. The molecule has 1 atom stereocenters. The Morgan fingerprint density at radius 1 is 1.32 bits per heavy atom. The van der Waals surface area contributed by atoms with Gasteiger partial charge in [-0.05, 0) is 37.0 Å². The standard InChI is InChI=1S/C20H24ClNO3/c1-12(23)14-10-19-15(9-18(14)21)17(11-22(19)2)16(20(24)25-3)8-13-6-4-5-7-13/h9-11,13,16H,4-8H2,1-3H3. The molecule has 3 rings (SSSR count). The van der Waals surface area contributed by atoms with Gasteiger partial charge in [-0.25, -0.2) is 0 Å². The van der Waals surface area contributed by atoms with Gasteiger partial charge in [0, 0.05) is 29.7 Å². The Morgan fingerprint density at radius 2 is 2.00 bits per heavy atom. The van der Waals surface area contributed by atoms with Gasteiger partial charge in [0.15, 0.2) is 5.78 Å². The van der Waals surface area contributed by atoms with Gasteiger partial charge in [0.25, 0.3) is 0 Å². The number of hydrogen-bond donors (Lipinski definition) is 0. The molecule has 1 heterocycles. The normalized spacial score (nSPS) is 16.3. The van der Waals surface area contributed by atoms with Gasteiger partial charge in [-0.3, -0.25) is 9.59 Å². The van der Waals surface area contributed by atoms with Crippen molar-refractivity contribution in [2.24, 2.45) is 13.0 Å². The van der Waals surface area contributed by atoms with E-state index in [0.29, 0.717) is 16.5 Å². The summed E-state index contributed by atoms with van der Waals surface area (Å²) in [4.78, 5) is 24.3. The van der Waals surface area contributed by atoms with Crippen LogP contribution in [0.5, 0.6) is 0 Å². The first kappa shape index (κ1) is 18.0. The van der Waals surface area contributed by atoms with Gasteiger partial charge < -0.3 is 9.30 Å². The first-order valence-corrected chi connectivity index (χ1v) is 9.17. The average Bonchev–Trinajstić information content (AvgIpc) is 3.19. The highest BCUT2D eigenvalue weighted by molar-refractivity contribution is 6.34. The summed E-state index contributed by atoms with van der Waals surface area (Å²) in [5.74, 6) is -0.00124. The van der Waals surface area contributed by atoms with Gasteiger partial charge in [-0.1, -0.05) is 37.3 Å². The molecule has 0 N–H and O–H groups in total. The van der Waals surface area contributed by atoms with Crippen LogP contribution in [0.3, 0.4) is 0 Å². The van der Waals surface area contributed by atoms with E-state index in [0.717, 1.165) is 22.9 Å². The molecule has 0 amide bonds. The minimum Gasteiger partial charge on any atom is -0.469 e. The van der Waals surface area contributed by atoms with E-state index in [1.165, 1.54) is 39.7 Å². The highest BCUT2D eigenvalue weighted by Gasteiger charge is 2.30. The maximum Gasteiger partial charge on any atom is 0.313 e. The van der Waals surface area contributed by atoms with Crippen molar-refractivity contribution in [2.45, 2.75) is 44.9 Å². The van der Waals surface area contributed by atoms with Crippen molar-refractivity contribution in [3.8, 4) is 0 Å². The smallest absolute Gasteiger partial charge is 0.313 e. The summed E-state index contributed by atoms with van der Waals surface area (Å²) in [6.07, 6.45) is 7.60. The van der Waals surface area contributed by atoms with E-state index >= 15 is 0 Å². The highest BCUT2D eigenvalue weighted by atomic mass is 35.5. The van der Waals surface area contributed by atoms with Crippen molar-refractivity contribution in [2.75, 3.05) is 7.11 Å². The molecule has 0 radical (unpaired) electrons. The van der Waals surface area contributed by atoms with E-state index in [-0.39, 0.29) is 17.7 Å². The Kier molecular flexibility index (Phi) is 5.19. The number of aryl methyl sites for hydroxylation is 1. The van der Waals surface area contributed by atoms with Crippen LogP contribution in [0.1, 0.15) is 60.9 Å². The Morgan fingerprint density at radius 3 is 2.60 bits per heavy atom. The molecule has 0 saturated heterocycles. The lowest BCUT2D eigenvalue weighted by molar-refractivity contribution is -0.142. The number of fused-ring (bicyclic) bond motifs is 1. The summed E-state index contributed by atoms with van der Waals surface area (Å²) in [6.45, 7) is 1.51. The number of nitrogens with zero attached hydrogens (tertiary/aromatic N) is 1. The lowest BCUT2D eigenvalue weighted by Crippen LogP contribution is -2.17. The molecule has 4 nitrogen and oxygen atoms in total. The Labute approximate surface area is 153 Å². The fraction of sp³-hybridized carbons (Fsp3) is 0.500. The zero-order valence-corrected chi connectivity index (χ0v) is 15.7. The molecule has 1 aliphatic carbocycles. The van der Waals surface area contributed by atoms with Crippen LogP contribution in [0.4, 0.5) is 0 Å². The van der Waals surface area contributed by atoms with Crippen LogP contribution in [-0.4, -0.2) is 23.4 Å². The number of aromatic nitrogens is 1. The maximum absolute atomic E-state index is 12.5. The van der Waals surface area contributed by atoms with Crippen molar-refractivity contribution >= 4 is 34.3 Å². The van der Waals surface area contributed by atoms with Crippen LogP contribution < -0.4 is 0 Å². The molecule has 1 fully saturated rings. The molecule has 25 heavy (non-hydrogen) atoms. The molecule has 2 aromatic rings. The predicted molar refractivity (Wildman–Crippen MR) is 99.3 cm³/mol. The fourth-order valence-corrected chi connectivity index (χ4v) is 4.35. The average molecular weight is 362 g/mol. The molecule has 5 heteroatoms. The zero-order chi connectivity index (χ0) is 18.1. The number of halogens is 1. The Bertz CT molecular complexity index is 818. The van der Waals surface area contributed by atoms with Gasteiger partial charge in [-0.15, -0.1) is 0 Å². The molecule has 1 saturated carbocycles. The number of ether oxygens (including phenoxy) is 1. The minimum atomic E-state index is -0.295. The third kappa shape index (κ3) is 3.45. The molecule has 134 valence electrons. The second kappa shape index (κ2) is 7.20. The molecule has 0 aliphatic heterocycles. The number of rotatable bonds is 5. The van der Waals surface area contributed by atoms with Gasteiger partial charge in [0.1, 0.15) is 0 Å². The van der Waals surface area contributed by atoms with Crippen molar-refractivity contribution in [1.29, 1.82) is 0 Å². The van der Waals surface area contributed by atoms with Crippen molar-refractivity contribution in [3.05, 3.63) is 34.5 Å². The van der Waals surface area contributed by atoms with Crippen LogP contribution in [0.25, 0.3) is 10.9 Å². The van der Waals surface area contributed by atoms with Crippen LogP contribution >= 0.6 is 11.6 Å². The van der Waals surface area contributed by atoms with Crippen molar-refractivity contribution < 1.29 is 14.3 Å². The summed E-state index contributed by atoms with van der Waals surface area (Å²) >= 11 is 6.32. The predicted octanol–water partition coefficient (Wildman–Crippen LogP) is 4.87. The number of esters is 1. The number of carbonyl (C=O) groups is 2. The minimum absolute atomic E-state index is 0.0647. The Hall–Kier alpha value is -1.81. The van der Waals surface area contributed by atoms with E-state index in [2.05, 4.69) is 0 Å². The zero-order valence-electron chi connectivity index (χ0n) is 15.0. The molecular weight excluding hydrogens is 338 g/mol. The van der Waals surface area contributed by atoms with Gasteiger partial charge in [0.05, 0.1) is 18.1 Å². The van der Waals surface area contributed by atoms with Crippen LogP contribution in [0, 0.1) is 5.92 Å². The quantitative estimate of drug-likeness (QED) is 0.563. The number of benzene rings is 1. The first-order chi connectivity index (χ1) is 11.9. The van der Waals surface area contributed by atoms with Crippen LogP contribution in [0.15, 0.2) is 18.3 Å². The van der Waals surface area contributed by atoms with Crippen molar-refractivity contribution in [3.63, 3.8) is 0 Å². The van der Waals surface area contributed by atoms with Gasteiger partial charge in [-0.2, -0.15) is 0 Å². The molecule has 0 spiro atoms. The summed E-state index contributed by atoms with van der Waals surface area (Å²) in [7, 11) is 3.36. The Balaban J connectivity index is 2.09. The summed E-state index contributed by atoms with van der Waals surface area (Å²) in [5, 5.41) is 1.35. The fourth-order valence-electron chi connectivity index (χ4n) is 4.05. The van der Waals surface area contributed by atoms with Crippen molar-refractivity contribution in [1.82, 2.24) is 4.57 Å². The number of hydrogen-bond acceptors (Lipinski definition) is 3. The number of carbonyl (C=O) groups excluding carboxylic acids is 2. The van der Waals surface area contributed by atoms with Crippen LogP contribution in [-0.2, 0) is 16.6 Å². The summed E-state index contributed by atoms with van der Waals surface area (Å²) in [5.41, 5.74) is 2.35. The first-order valence-electron chi connectivity index (χ1n) is 8.79. The van der Waals surface area contributed by atoms with Gasteiger partial charge >= 0.3 is 5.97 Å². The third-order valence-electron chi connectivity index (χ3n) is 5.39. The third-order valence-corrected chi connectivity index (χ3v) is 5.71. The molecule has 0 bridgehead atoms. The monoisotopic (exact) mass is 361 g/mol. The number of ketones is 1. The molecule has 1 aliphatic rings. The second-order valence-corrected chi connectivity index (χ2v) is 7.47. The van der Waals surface area contributed by atoms with E-state index in [4.69, 9.17) is 16.3 Å². The van der Waals surface area contributed by atoms with E-state index in [1.807, 2.05) is 29.9 Å². The number of Topliss-reactive ketones (excluding diaryl/α,β-unsaturated/α-hetero) is 1. The summed E-state index contributed by atoms with van der Waals surface area (Å²) < 4.78 is 7.05. The largest absolute Gasteiger partial charge is 0.469 e. The molecule has 1 aromatic carbocycles. The van der Waals surface area contributed by atoms with Gasteiger partial charge in [0.2, 0.25) is 0 Å². The molecule has 1 aromatic heterocycles. The molecule has 1 unspecified atom stereocenters. The van der Waals surface area contributed by atoms with E-state index < -0.39 is 0 Å². The SMILES string of the molecule is COC(=O)C(CC1CCCC1)c1cn(C)c2cc(C(C)=O)c(Cl)cc12.